The van der Waals surface area contributed by atoms with Crippen LogP contribution in [-0.4, -0.2) is 24.3 Å². The molecule has 1 aromatic rings. The lowest BCUT2D eigenvalue weighted by molar-refractivity contribution is 0.0205. The zero-order valence-electron chi connectivity index (χ0n) is 10.6. The Hall–Kier alpha value is -1.35. The quantitative estimate of drug-likeness (QED) is 0.817. The topological polar surface area (TPSA) is 46.5 Å². The number of hydrogen-bond donors (Lipinski definition) is 1. The number of hydrogen-bond acceptors (Lipinski definition) is 3. The number of ether oxygens (including phenoxy) is 1. The van der Waals surface area contributed by atoms with E-state index in [0.29, 0.717) is 5.56 Å². The van der Waals surface area contributed by atoms with E-state index in [1.54, 1.807) is 24.3 Å². The van der Waals surface area contributed by atoms with Crippen LogP contribution in [-0.2, 0) is 4.74 Å². The van der Waals surface area contributed by atoms with E-state index in [1.165, 1.54) is 0 Å². The van der Waals surface area contributed by atoms with Crippen molar-refractivity contribution in [1.82, 2.24) is 0 Å². The third-order valence-corrected chi connectivity index (χ3v) is 2.87. The van der Waals surface area contributed by atoms with Crippen molar-refractivity contribution < 1.29 is 14.6 Å². The Morgan fingerprint density at radius 3 is 2.35 bits per heavy atom. The average Bonchev–Trinajstić information content (AvgIpc) is 2.29. The molecule has 0 spiro atoms. The van der Waals surface area contributed by atoms with E-state index in [1.807, 2.05) is 26.8 Å². The molecule has 0 aliphatic rings. The second-order valence-electron chi connectivity index (χ2n) is 5.21. The molecular weight excluding hydrogens is 216 g/mol. The molecule has 3 nitrogen and oxygen atoms in total. The molecule has 0 fully saturated rings. The van der Waals surface area contributed by atoms with Gasteiger partial charge in [0.15, 0.2) is 0 Å². The zero-order valence-corrected chi connectivity index (χ0v) is 10.6. The van der Waals surface area contributed by atoms with Crippen molar-refractivity contribution in [2.75, 3.05) is 13.2 Å². The predicted molar refractivity (Wildman–Crippen MR) is 66.8 cm³/mol. The second kappa shape index (κ2) is 5.82. The van der Waals surface area contributed by atoms with E-state index in [0.717, 1.165) is 0 Å². The van der Waals surface area contributed by atoms with Gasteiger partial charge in [-0.25, -0.2) is 4.79 Å². The Balaban J connectivity index is 2.54. The summed E-state index contributed by atoms with van der Waals surface area (Å²) in [6.45, 7) is 6.32. The van der Waals surface area contributed by atoms with Crippen LogP contribution in [0.15, 0.2) is 30.3 Å². The smallest absolute Gasteiger partial charge is 0.338 e. The highest BCUT2D eigenvalue weighted by atomic mass is 16.5. The molecule has 0 aromatic heterocycles. The van der Waals surface area contributed by atoms with Crippen molar-refractivity contribution >= 4 is 5.97 Å². The predicted octanol–water partition coefficient (Wildman–Crippen LogP) is 2.50. The molecule has 1 rings (SSSR count). The fourth-order valence-electron chi connectivity index (χ4n) is 1.41. The number of rotatable bonds is 4. The summed E-state index contributed by atoms with van der Waals surface area (Å²) in [4.78, 5) is 11.7. The zero-order chi connectivity index (χ0) is 12.9. The maximum Gasteiger partial charge on any atom is 0.338 e. The Kier molecular flexibility index (Phi) is 4.70. The van der Waals surface area contributed by atoms with E-state index in [-0.39, 0.29) is 30.5 Å². The van der Waals surface area contributed by atoms with Crippen LogP contribution in [0.2, 0.25) is 0 Å². The molecule has 0 saturated heterocycles. The first-order valence-electron chi connectivity index (χ1n) is 5.78. The van der Waals surface area contributed by atoms with Crippen molar-refractivity contribution in [3.8, 4) is 0 Å². The van der Waals surface area contributed by atoms with Crippen molar-refractivity contribution in [3.63, 3.8) is 0 Å². The number of esters is 1. The molecule has 1 N–H and O–H groups in total. The number of benzene rings is 1. The minimum Gasteiger partial charge on any atom is -0.462 e. The van der Waals surface area contributed by atoms with Gasteiger partial charge in [0.1, 0.15) is 0 Å². The summed E-state index contributed by atoms with van der Waals surface area (Å²) in [6.07, 6.45) is 0. The molecule has 0 heterocycles. The lowest BCUT2D eigenvalue weighted by Crippen LogP contribution is -2.29. The van der Waals surface area contributed by atoms with Crippen LogP contribution in [0.1, 0.15) is 31.1 Å². The number of aliphatic hydroxyl groups excluding tert-OH is 1. The van der Waals surface area contributed by atoms with Crippen LogP contribution < -0.4 is 0 Å². The summed E-state index contributed by atoms with van der Waals surface area (Å²) in [7, 11) is 0. The minimum atomic E-state index is -0.340. The van der Waals surface area contributed by atoms with Gasteiger partial charge in [-0.2, -0.15) is 0 Å². The van der Waals surface area contributed by atoms with E-state index >= 15 is 0 Å². The van der Waals surface area contributed by atoms with Crippen LogP contribution in [0, 0.1) is 11.3 Å². The Labute approximate surface area is 102 Å². The molecule has 94 valence electrons. The molecule has 0 saturated carbocycles. The third-order valence-electron chi connectivity index (χ3n) is 2.87. The first-order valence-corrected chi connectivity index (χ1v) is 5.78. The fraction of sp³-hybridized carbons (Fsp3) is 0.500. The number of carbonyl (C=O) groups excluding carboxylic acids is 1. The van der Waals surface area contributed by atoms with Gasteiger partial charge < -0.3 is 9.84 Å². The molecule has 1 unspecified atom stereocenters. The van der Waals surface area contributed by atoms with Crippen molar-refractivity contribution in [1.29, 1.82) is 0 Å². The molecule has 0 aliphatic heterocycles. The van der Waals surface area contributed by atoms with Gasteiger partial charge >= 0.3 is 5.97 Å². The highest BCUT2D eigenvalue weighted by Gasteiger charge is 2.25. The van der Waals surface area contributed by atoms with Crippen LogP contribution in [0.3, 0.4) is 0 Å². The molecule has 1 atom stereocenters. The fourth-order valence-corrected chi connectivity index (χ4v) is 1.41. The second-order valence-corrected chi connectivity index (χ2v) is 5.21. The SMILES string of the molecule is CC(C)(C)C(CO)COC(=O)c1ccccc1. The summed E-state index contributed by atoms with van der Waals surface area (Å²) in [5, 5.41) is 9.25. The van der Waals surface area contributed by atoms with E-state index < -0.39 is 0 Å². The molecule has 0 amide bonds. The van der Waals surface area contributed by atoms with Gasteiger partial charge in [-0.05, 0) is 17.5 Å². The van der Waals surface area contributed by atoms with Crippen molar-refractivity contribution in [3.05, 3.63) is 35.9 Å². The highest BCUT2D eigenvalue weighted by molar-refractivity contribution is 5.89. The molecule has 17 heavy (non-hydrogen) atoms. The lowest BCUT2D eigenvalue weighted by atomic mass is 9.82. The Morgan fingerprint density at radius 2 is 1.88 bits per heavy atom. The largest absolute Gasteiger partial charge is 0.462 e. The molecule has 0 aliphatic carbocycles. The summed E-state index contributed by atoms with van der Waals surface area (Å²) in [6, 6.07) is 8.87. The maximum absolute atomic E-state index is 11.7. The number of carbonyl (C=O) groups is 1. The van der Waals surface area contributed by atoms with Crippen LogP contribution >= 0.6 is 0 Å². The summed E-state index contributed by atoms with van der Waals surface area (Å²) >= 11 is 0. The van der Waals surface area contributed by atoms with Crippen LogP contribution in [0.25, 0.3) is 0 Å². The standard InChI is InChI=1S/C14H20O3/c1-14(2,3)12(9-15)10-17-13(16)11-7-5-4-6-8-11/h4-8,12,15H,9-10H2,1-3H3. The Bertz CT molecular complexity index is 351. The van der Waals surface area contributed by atoms with Crippen LogP contribution in [0.5, 0.6) is 0 Å². The summed E-state index contributed by atoms with van der Waals surface area (Å²) < 4.78 is 5.21. The van der Waals surface area contributed by atoms with Crippen LogP contribution in [0.4, 0.5) is 0 Å². The Morgan fingerprint density at radius 1 is 1.29 bits per heavy atom. The van der Waals surface area contributed by atoms with Gasteiger partial charge in [-0.3, -0.25) is 0 Å². The van der Waals surface area contributed by atoms with E-state index in [4.69, 9.17) is 4.74 Å². The maximum atomic E-state index is 11.7. The molecule has 1 aromatic carbocycles. The van der Waals surface area contributed by atoms with Gasteiger partial charge in [0.2, 0.25) is 0 Å². The third kappa shape index (κ3) is 4.19. The van der Waals surface area contributed by atoms with E-state index in [9.17, 15) is 9.90 Å². The molecule has 0 radical (unpaired) electrons. The molecule has 0 bridgehead atoms. The molecular formula is C14H20O3. The van der Waals surface area contributed by atoms with Gasteiger partial charge in [-0.1, -0.05) is 39.0 Å². The highest BCUT2D eigenvalue weighted by Crippen LogP contribution is 2.25. The van der Waals surface area contributed by atoms with Gasteiger partial charge in [-0.15, -0.1) is 0 Å². The summed E-state index contributed by atoms with van der Waals surface area (Å²) in [5.41, 5.74) is 0.462. The van der Waals surface area contributed by atoms with Crippen molar-refractivity contribution in [2.24, 2.45) is 11.3 Å². The molecule has 3 heteroatoms. The minimum absolute atomic E-state index is 0.0194. The normalized spacial score (nSPS) is 13.2. The first kappa shape index (κ1) is 13.7. The van der Waals surface area contributed by atoms with Gasteiger partial charge in [0.25, 0.3) is 0 Å². The monoisotopic (exact) mass is 236 g/mol. The number of aliphatic hydroxyl groups is 1. The average molecular weight is 236 g/mol. The van der Waals surface area contributed by atoms with E-state index in [2.05, 4.69) is 0 Å². The first-order chi connectivity index (χ1) is 7.95. The van der Waals surface area contributed by atoms with Crippen molar-refractivity contribution in [2.45, 2.75) is 20.8 Å². The van der Waals surface area contributed by atoms with Gasteiger partial charge in [0, 0.05) is 12.5 Å². The lowest BCUT2D eigenvalue weighted by Gasteiger charge is -2.28. The summed E-state index contributed by atoms with van der Waals surface area (Å²) in [5.74, 6) is -0.386. The van der Waals surface area contributed by atoms with Gasteiger partial charge in [0.05, 0.1) is 12.2 Å².